The Morgan fingerprint density at radius 2 is 2.10 bits per heavy atom. The van der Waals surface area contributed by atoms with Crippen molar-refractivity contribution in [3.05, 3.63) is 32.8 Å². The topological polar surface area (TPSA) is 106 Å². The lowest BCUT2D eigenvalue weighted by molar-refractivity contribution is -0.387. The minimum atomic E-state index is -4.03. The Labute approximate surface area is 133 Å². The van der Waals surface area contributed by atoms with Gasteiger partial charge in [-0.15, -0.1) is 0 Å². The van der Waals surface area contributed by atoms with Crippen LogP contribution >= 0.6 is 15.9 Å². The Kier molecular flexibility index (Phi) is 6.44. The fourth-order valence-corrected chi connectivity index (χ4v) is 4.26. The standard InChI is InChI=1S/C11H15BrN2O5S2/c1-8(5-6-20(2)17)13-21(18,19)11-7-9(12)3-4-10(11)14(15)16/h3-4,7-8,13H,5-6H2,1-2H3. The summed E-state index contributed by atoms with van der Waals surface area (Å²) < 4.78 is 38.3. The summed E-state index contributed by atoms with van der Waals surface area (Å²) in [5, 5.41) is 10.9. The van der Waals surface area contributed by atoms with Crippen LogP contribution in [0.3, 0.4) is 0 Å². The zero-order valence-corrected chi connectivity index (χ0v) is 14.6. The number of nitro benzene ring substituents is 1. The summed E-state index contributed by atoms with van der Waals surface area (Å²) in [5.74, 6) is 0.351. The first-order valence-corrected chi connectivity index (χ1v) is 9.90. The molecule has 0 amide bonds. The molecule has 0 heterocycles. The molecular weight excluding hydrogens is 384 g/mol. The molecule has 0 bridgehead atoms. The van der Waals surface area contributed by atoms with Crippen molar-refractivity contribution in [2.45, 2.75) is 24.3 Å². The first-order valence-electron chi connectivity index (χ1n) is 5.90. The molecule has 21 heavy (non-hydrogen) atoms. The lowest BCUT2D eigenvalue weighted by Gasteiger charge is -2.13. The van der Waals surface area contributed by atoms with E-state index in [4.69, 9.17) is 0 Å². The molecule has 0 saturated carbocycles. The van der Waals surface area contributed by atoms with Crippen LogP contribution in [0.2, 0.25) is 0 Å². The highest BCUT2D eigenvalue weighted by atomic mass is 79.9. The molecule has 0 aliphatic heterocycles. The zero-order valence-electron chi connectivity index (χ0n) is 11.4. The van der Waals surface area contributed by atoms with Gasteiger partial charge < -0.3 is 0 Å². The average molecular weight is 399 g/mol. The van der Waals surface area contributed by atoms with Crippen LogP contribution in [0.5, 0.6) is 0 Å². The average Bonchev–Trinajstić information content (AvgIpc) is 2.35. The molecule has 1 N–H and O–H groups in total. The summed E-state index contributed by atoms with van der Waals surface area (Å²) in [6.07, 6.45) is 1.91. The van der Waals surface area contributed by atoms with Gasteiger partial charge in [-0.2, -0.15) is 0 Å². The van der Waals surface area contributed by atoms with Crippen molar-refractivity contribution < 1.29 is 17.6 Å². The summed E-state index contributed by atoms with van der Waals surface area (Å²) in [5.41, 5.74) is -0.489. The van der Waals surface area contributed by atoms with E-state index in [9.17, 15) is 22.7 Å². The Balaban J connectivity index is 3.05. The van der Waals surface area contributed by atoms with Crippen LogP contribution in [-0.2, 0) is 20.8 Å². The van der Waals surface area contributed by atoms with Crippen molar-refractivity contribution in [1.29, 1.82) is 0 Å². The quantitative estimate of drug-likeness (QED) is 0.556. The van der Waals surface area contributed by atoms with Crippen molar-refractivity contribution in [2.75, 3.05) is 12.0 Å². The number of halogens is 1. The van der Waals surface area contributed by atoms with E-state index in [1.807, 2.05) is 0 Å². The van der Waals surface area contributed by atoms with Gasteiger partial charge in [0.05, 0.1) is 4.92 Å². The lowest BCUT2D eigenvalue weighted by Crippen LogP contribution is -2.33. The number of nitro groups is 1. The molecule has 0 aromatic heterocycles. The predicted molar refractivity (Wildman–Crippen MR) is 84.1 cm³/mol. The summed E-state index contributed by atoms with van der Waals surface area (Å²) >= 11 is 3.10. The van der Waals surface area contributed by atoms with Crippen molar-refractivity contribution in [3.8, 4) is 0 Å². The third kappa shape index (κ3) is 5.46. The van der Waals surface area contributed by atoms with Gasteiger partial charge in [0.15, 0.2) is 4.90 Å². The van der Waals surface area contributed by atoms with Gasteiger partial charge in [-0.05, 0) is 25.5 Å². The maximum atomic E-state index is 12.3. The van der Waals surface area contributed by atoms with E-state index in [0.29, 0.717) is 16.6 Å². The van der Waals surface area contributed by atoms with Crippen LogP contribution in [0, 0.1) is 10.1 Å². The van der Waals surface area contributed by atoms with E-state index >= 15 is 0 Å². The molecule has 10 heteroatoms. The van der Waals surface area contributed by atoms with Gasteiger partial charge in [0.2, 0.25) is 10.0 Å². The maximum Gasteiger partial charge on any atom is 0.289 e. The molecule has 0 spiro atoms. The molecule has 1 aromatic carbocycles. The first kappa shape index (κ1) is 18.2. The molecule has 0 aliphatic carbocycles. The molecule has 2 atom stereocenters. The molecule has 0 fully saturated rings. The van der Waals surface area contributed by atoms with E-state index in [1.165, 1.54) is 18.4 Å². The predicted octanol–water partition coefficient (Wildman–Crippen LogP) is 1.79. The molecule has 1 rings (SSSR count). The van der Waals surface area contributed by atoms with Gasteiger partial charge in [-0.3, -0.25) is 14.3 Å². The number of hydrogen-bond donors (Lipinski definition) is 1. The number of rotatable bonds is 7. The molecule has 2 unspecified atom stereocenters. The molecule has 118 valence electrons. The van der Waals surface area contributed by atoms with Gasteiger partial charge in [0, 0.05) is 39.4 Å². The van der Waals surface area contributed by atoms with Gasteiger partial charge >= 0.3 is 0 Å². The molecule has 7 nitrogen and oxygen atoms in total. The normalized spacial score (nSPS) is 14.6. The Morgan fingerprint density at radius 1 is 1.48 bits per heavy atom. The van der Waals surface area contributed by atoms with Crippen molar-refractivity contribution in [1.82, 2.24) is 4.72 Å². The van der Waals surface area contributed by atoms with Gasteiger partial charge in [0.1, 0.15) is 0 Å². The molecule has 0 aliphatic rings. The second-order valence-electron chi connectivity index (χ2n) is 4.46. The summed E-state index contributed by atoms with van der Waals surface area (Å²) in [6.45, 7) is 1.62. The van der Waals surface area contributed by atoms with E-state index in [2.05, 4.69) is 20.7 Å². The fraction of sp³-hybridized carbons (Fsp3) is 0.455. The Morgan fingerprint density at radius 3 is 2.62 bits per heavy atom. The van der Waals surface area contributed by atoms with Crippen LogP contribution < -0.4 is 4.72 Å². The smallest absolute Gasteiger partial charge is 0.260 e. The summed E-state index contributed by atoms with van der Waals surface area (Å²) in [6, 6.07) is 3.24. The number of benzene rings is 1. The molecular formula is C11H15BrN2O5S2. The Bertz CT molecular complexity index is 663. The lowest BCUT2D eigenvalue weighted by atomic mass is 10.3. The second kappa shape index (κ2) is 7.43. The number of hydrogen-bond acceptors (Lipinski definition) is 5. The fourth-order valence-electron chi connectivity index (χ4n) is 1.58. The van der Waals surface area contributed by atoms with Crippen LogP contribution in [-0.4, -0.2) is 35.6 Å². The molecule has 0 saturated heterocycles. The molecule has 1 aromatic rings. The summed E-state index contributed by atoms with van der Waals surface area (Å²) in [4.78, 5) is 9.80. The number of nitrogens with one attached hydrogen (secondary N) is 1. The zero-order chi connectivity index (χ0) is 16.2. The third-order valence-corrected chi connectivity index (χ3v) is 5.53. The monoisotopic (exact) mass is 398 g/mol. The largest absolute Gasteiger partial charge is 0.289 e. The minimum absolute atomic E-state index is 0.351. The SMILES string of the molecule is CC(CCS(C)=O)NS(=O)(=O)c1cc(Br)ccc1[N+](=O)[O-]. The first-order chi connectivity index (χ1) is 9.63. The van der Waals surface area contributed by atoms with Crippen LogP contribution in [0.25, 0.3) is 0 Å². The highest BCUT2D eigenvalue weighted by Gasteiger charge is 2.27. The van der Waals surface area contributed by atoms with E-state index < -0.39 is 42.4 Å². The highest BCUT2D eigenvalue weighted by molar-refractivity contribution is 9.10. The molecule has 0 radical (unpaired) electrons. The van der Waals surface area contributed by atoms with Gasteiger partial charge in [0.25, 0.3) is 5.69 Å². The van der Waals surface area contributed by atoms with Crippen LogP contribution in [0.4, 0.5) is 5.69 Å². The Hall–Kier alpha value is -0.840. The van der Waals surface area contributed by atoms with Gasteiger partial charge in [-0.1, -0.05) is 15.9 Å². The van der Waals surface area contributed by atoms with Crippen molar-refractivity contribution >= 4 is 42.4 Å². The van der Waals surface area contributed by atoms with Crippen molar-refractivity contribution in [2.24, 2.45) is 0 Å². The third-order valence-electron chi connectivity index (χ3n) is 2.60. The second-order valence-corrected chi connectivity index (χ2v) is 8.61. The maximum absolute atomic E-state index is 12.3. The number of sulfonamides is 1. The summed E-state index contributed by atoms with van der Waals surface area (Å²) in [7, 11) is -5.05. The number of nitrogens with zero attached hydrogens (tertiary/aromatic N) is 1. The highest BCUT2D eigenvalue weighted by Crippen LogP contribution is 2.27. The van der Waals surface area contributed by atoms with Gasteiger partial charge in [-0.25, -0.2) is 13.1 Å². The van der Waals surface area contributed by atoms with Crippen LogP contribution in [0.1, 0.15) is 13.3 Å². The van der Waals surface area contributed by atoms with E-state index in [0.717, 1.165) is 6.07 Å². The van der Waals surface area contributed by atoms with E-state index in [-0.39, 0.29) is 0 Å². The minimum Gasteiger partial charge on any atom is -0.260 e. The van der Waals surface area contributed by atoms with E-state index in [1.54, 1.807) is 6.92 Å². The van der Waals surface area contributed by atoms with Crippen molar-refractivity contribution in [3.63, 3.8) is 0 Å². The van der Waals surface area contributed by atoms with Crippen LogP contribution in [0.15, 0.2) is 27.6 Å².